The molecule has 2 heterocycles. The number of fused-ring (bicyclic) bond motifs is 2. The number of aliphatic hydroxyl groups is 2. The maximum absolute atomic E-state index is 11.8. The lowest BCUT2D eigenvalue weighted by Gasteiger charge is -2.40. The summed E-state index contributed by atoms with van der Waals surface area (Å²) >= 11 is 0. The average molecular weight is 595 g/mol. The largest absolute Gasteiger partial charge is 0.508 e. The van der Waals surface area contributed by atoms with Gasteiger partial charge in [0, 0.05) is 46.9 Å². The van der Waals surface area contributed by atoms with Crippen molar-refractivity contribution in [2.45, 2.75) is 36.8 Å². The molecule has 0 saturated heterocycles. The minimum absolute atomic E-state index is 0.0281. The van der Waals surface area contributed by atoms with Gasteiger partial charge in [-0.3, -0.25) is 0 Å². The fourth-order valence-electron chi connectivity index (χ4n) is 5.78. The predicted molar refractivity (Wildman–Crippen MR) is 145 cm³/mol. The molecule has 11 N–H and O–H groups in total. The fraction of sp³-hybridized carbons (Fsp3) is 0.200. The van der Waals surface area contributed by atoms with Crippen molar-refractivity contribution in [3.8, 4) is 63.2 Å². The SMILES string of the molecule is Oc1cc(O)c2c(c1)OC(c1cc(O)c(O)c(O)c1)C(O)C2c1c(O)cc(O)c2c1OC(c1ccc(O)c(O)c1)C(O)C2. The number of aliphatic hydroxyl groups excluding tert-OH is 2. The fourth-order valence-corrected chi connectivity index (χ4v) is 5.78. The van der Waals surface area contributed by atoms with Crippen molar-refractivity contribution in [3.63, 3.8) is 0 Å². The van der Waals surface area contributed by atoms with E-state index in [9.17, 15) is 56.2 Å². The van der Waals surface area contributed by atoms with Gasteiger partial charge in [-0.2, -0.15) is 0 Å². The first-order valence-electron chi connectivity index (χ1n) is 12.9. The highest BCUT2D eigenvalue weighted by molar-refractivity contribution is 5.66. The molecule has 0 spiro atoms. The van der Waals surface area contributed by atoms with Crippen LogP contribution in [-0.2, 0) is 6.42 Å². The number of aromatic hydroxyl groups is 9. The maximum Gasteiger partial charge on any atom is 0.200 e. The molecule has 4 aromatic carbocycles. The highest BCUT2D eigenvalue weighted by Gasteiger charge is 2.46. The minimum atomic E-state index is -1.71. The lowest BCUT2D eigenvalue weighted by atomic mass is 9.77. The molecule has 0 bridgehead atoms. The molecule has 2 aliphatic heterocycles. The molecule has 0 aliphatic carbocycles. The Bertz CT molecular complexity index is 1750. The first-order chi connectivity index (χ1) is 20.3. The standard InChI is InChI=1S/C30H26O13/c31-12-6-17(35)23-22(7-12)42-29(11-4-19(37)26(40)20(38)5-11)27(41)25(23)24-18(36)9-15(33)13-8-21(39)28(43-30(13)24)10-1-2-14(32)16(34)3-10/h1-7,9,21,25,27-29,31-41H,8H2. The Hall–Kier alpha value is -5.40. The lowest BCUT2D eigenvalue weighted by Crippen LogP contribution is -2.36. The topological polar surface area (TPSA) is 241 Å². The van der Waals surface area contributed by atoms with E-state index in [4.69, 9.17) is 9.47 Å². The zero-order valence-corrected chi connectivity index (χ0v) is 21.9. The van der Waals surface area contributed by atoms with Crippen molar-refractivity contribution >= 4 is 0 Å². The van der Waals surface area contributed by atoms with E-state index < -0.39 is 82.1 Å². The normalized spacial score (nSPS) is 22.6. The van der Waals surface area contributed by atoms with Crippen LogP contribution in [0.25, 0.3) is 0 Å². The van der Waals surface area contributed by atoms with E-state index in [1.165, 1.54) is 18.2 Å². The third-order valence-electron chi connectivity index (χ3n) is 7.77. The van der Waals surface area contributed by atoms with Crippen LogP contribution in [0.1, 0.15) is 45.9 Å². The lowest BCUT2D eigenvalue weighted by molar-refractivity contribution is 0.00108. The number of phenolic OH excluding ortho intramolecular Hbond substituents is 9. The molecule has 5 unspecified atom stereocenters. The zero-order valence-electron chi connectivity index (χ0n) is 21.9. The van der Waals surface area contributed by atoms with Gasteiger partial charge in [-0.05, 0) is 29.8 Å². The van der Waals surface area contributed by atoms with Crippen molar-refractivity contribution in [1.82, 2.24) is 0 Å². The van der Waals surface area contributed by atoms with Crippen LogP contribution in [0.15, 0.2) is 48.5 Å². The summed E-state index contributed by atoms with van der Waals surface area (Å²) in [5, 5.41) is 116. The monoisotopic (exact) mass is 594 g/mol. The van der Waals surface area contributed by atoms with E-state index in [1.807, 2.05) is 0 Å². The quantitative estimate of drug-likeness (QED) is 0.153. The molecular weight excluding hydrogens is 568 g/mol. The van der Waals surface area contributed by atoms with E-state index in [-0.39, 0.29) is 45.7 Å². The Morgan fingerprint density at radius 1 is 0.558 bits per heavy atom. The van der Waals surface area contributed by atoms with Gasteiger partial charge in [0.25, 0.3) is 0 Å². The van der Waals surface area contributed by atoms with Crippen LogP contribution in [0.5, 0.6) is 63.2 Å². The van der Waals surface area contributed by atoms with Crippen LogP contribution in [0.4, 0.5) is 0 Å². The van der Waals surface area contributed by atoms with Gasteiger partial charge < -0.3 is 65.6 Å². The van der Waals surface area contributed by atoms with Crippen molar-refractivity contribution < 1.29 is 65.6 Å². The molecule has 0 fully saturated rings. The molecule has 0 saturated carbocycles. The van der Waals surface area contributed by atoms with Crippen LogP contribution >= 0.6 is 0 Å². The van der Waals surface area contributed by atoms with E-state index in [2.05, 4.69) is 0 Å². The molecule has 6 rings (SSSR count). The van der Waals surface area contributed by atoms with Crippen LogP contribution in [0.2, 0.25) is 0 Å². The molecule has 0 radical (unpaired) electrons. The summed E-state index contributed by atoms with van der Waals surface area (Å²) in [7, 11) is 0. The molecule has 13 nitrogen and oxygen atoms in total. The second-order valence-corrected chi connectivity index (χ2v) is 10.5. The number of ether oxygens (including phenoxy) is 2. The first kappa shape index (κ1) is 27.8. The van der Waals surface area contributed by atoms with E-state index in [0.29, 0.717) is 0 Å². The van der Waals surface area contributed by atoms with Crippen molar-refractivity contribution in [3.05, 3.63) is 76.3 Å². The van der Waals surface area contributed by atoms with Gasteiger partial charge in [0.15, 0.2) is 34.9 Å². The minimum Gasteiger partial charge on any atom is -0.508 e. The number of hydrogen-bond donors (Lipinski definition) is 11. The van der Waals surface area contributed by atoms with Crippen LogP contribution < -0.4 is 9.47 Å². The summed E-state index contributed by atoms with van der Waals surface area (Å²) in [6, 6.07) is 8.90. The Morgan fingerprint density at radius 2 is 1.21 bits per heavy atom. The molecule has 4 aromatic rings. The van der Waals surface area contributed by atoms with Gasteiger partial charge in [-0.1, -0.05) is 6.07 Å². The summed E-state index contributed by atoms with van der Waals surface area (Å²) in [6.07, 6.45) is -5.81. The number of benzene rings is 4. The Labute approximate surface area is 242 Å². The van der Waals surface area contributed by atoms with Crippen molar-refractivity contribution in [2.24, 2.45) is 0 Å². The molecular formula is C30H26O13. The number of phenols is 9. The van der Waals surface area contributed by atoms with Gasteiger partial charge in [0.05, 0.1) is 12.0 Å². The second-order valence-electron chi connectivity index (χ2n) is 10.5. The molecule has 5 atom stereocenters. The van der Waals surface area contributed by atoms with Gasteiger partial charge in [-0.15, -0.1) is 0 Å². The first-order valence-corrected chi connectivity index (χ1v) is 12.9. The molecule has 224 valence electrons. The molecule has 2 aliphatic rings. The summed E-state index contributed by atoms with van der Waals surface area (Å²) in [5.41, 5.74) is 0.0126. The summed E-state index contributed by atoms with van der Waals surface area (Å²) in [5.74, 6) is -6.87. The van der Waals surface area contributed by atoms with Gasteiger partial charge in [0.1, 0.15) is 46.7 Å². The molecule has 43 heavy (non-hydrogen) atoms. The van der Waals surface area contributed by atoms with E-state index in [0.717, 1.165) is 30.3 Å². The van der Waals surface area contributed by atoms with Gasteiger partial charge in [-0.25, -0.2) is 0 Å². The zero-order chi connectivity index (χ0) is 30.9. The highest BCUT2D eigenvalue weighted by Crippen LogP contribution is 2.57. The average Bonchev–Trinajstić information content (AvgIpc) is 2.94. The van der Waals surface area contributed by atoms with Gasteiger partial charge >= 0.3 is 0 Å². The predicted octanol–water partition coefficient (Wildman–Crippen LogP) is 2.70. The number of hydrogen-bond acceptors (Lipinski definition) is 13. The summed E-state index contributed by atoms with van der Waals surface area (Å²) in [6.45, 7) is 0. The number of rotatable bonds is 3. The maximum atomic E-state index is 11.8. The Kier molecular flexibility index (Phi) is 6.36. The van der Waals surface area contributed by atoms with Crippen LogP contribution in [0.3, 0.4) is 0 Å². The molecule has 0 amide bonds. The smallest absolute Gasteiger partial charge is 0.200 e. The second kappa shape index (κ2) is 9.86. The Morgan fingerprint density at radius 3 is 1.88 bits per heavy atom. The third-order valence-corrected chi connectivity index (χ3v) is 7.77. The van der Waals surface area contributed by atoms with Gasteiger partial charge in [0.2, 0.25) is 0 Å². The highest BCUT2D eigenvalue weighted by atomic mass is 16.5. The van der Waals surface area contributed by atoms with E-state index in [1.54, 1.807) is 0 Å². The van der Waals surface area contributed by atoms with Crippen molar-refractivity contribution in [1.29, 1.82) is 0 Å². The van der Waals surface area contributed by atoms with Crippen LogP contribution in [-0.4, -0.2) is 68.4 Å². The summed E-state index contributed by atoms with van der Waals surface area (Å²) in [4.78, 5) is 0. The Balaban J connectivity index is 1.56. The van der Waals surface area contributed by atoms with E-state index >= 15 is 0 Å². The third kappa shape index (κ3) is 4.42. The van der Waals surface area contributed by atoms with Crippen molar-refractivity contribution in [2.75, 3.05) is 0 Å². The molecule has 13 heteroatoms. The summed E-state index contributed by atoms with van der Waals surface area (Å²) < 4.78 is 12.0. The molecule has 0 aromatic heterocycles. The van der Waals surface area contributed by atoms with Crippen LogP contribution in [0, 0.1) is 0 Å².